The van der Waals surface area contributed by atoms with E-state index in [1.165, 1.54) is 38.5 Å². The molecule has 2 nitrogen and oxygen atoms in total. The topological polar surface area (TPSA) is 29.1 Å². The zero-order valence-corrected chi connectivity index (χ0v) is 13.7. The van der Waals surface area contributed by atoms with E-state index in [9.17, 15) is 4.79 Å². The fourth-order valence-electron chi connectivity index (χ4n) is 6.60. The Morgan fingerprint density at radius 2 is 1.90 bits per heavy atom. The van der Waals surface area contributed by atoms with E-state index in [1.807, 2.05) is 0 Å². The van der Waals surface area contributed by atoms with Crippen LogP contribution in [0.3, 0.4) is 0 Å². The molecule has 1 aliphatic heterocycles. The minimum absolute atomic E-state index is 0.117. The standard InChI is InChI=1S/C19H29NO/c1-12-4-6-14-13-5-7-16-19(3,11-9-17(21)20-16)15(13)8-10-18(12,14)2/h9,11-16H,4-8,10H2,1-3H3,(H,20,21)/t12?,13-,14-,15+,16?,18+,19+/m0/s1. The van der Waals surface area contributed by atoms with Crippen molar-refractivity contribution in [1.82, 2.24) is 5.32 Å². The molecule has 116 valence electrons. The van der Waals surface area contributed by atoms with Crippen LogP contribution in [-0.2, 0) is 4.79 Å². The Morgan fingerprint density at radius 1 is 1.10 bits per heavy atom. The number of amides is 1. The molecule has 2 heteroatoms. The molecule has 0 spiro atoms. The van der Waals surface area contributed by atoms with E-state index in [4.69, 9.17) is 0 Å². The molecule has 1 N–H and O–H groups in total. The van der Waals surface area contributed by atoms with E-state index < -0.39 is 0 Å². The number of carbonyl (C=O) groups excluding carboxylic acids is 1. The molecule has 7 atom stereocenters. The van der Waals surface area contributed by atoms with Crippen molar-refractivity contribution >= 4 is 5.91 Å². The number of carbonyl (C=O) groups is 1. The molecule has 0 radical (unpaired) electrons. The maximum atomic E-state index is 11.7. The zero-order valence-electron chi connectivity index (χ0n) is 13.7. The van der Waals surface area contributed by atoms with Gasteiger partial charge < -0.3 is 5.32 Å². The number of nitrogens with one attached hydrogen (secondary N) is 1. The number of fused-ring (bicyclic) bond motifs is 5. The summed E-state index contributed by atoms with van der Waals surface area (Å²) in [7, 11) is 0. The van der Waals surface area contributed by atoms with Crippen LogP contribution in [0.5, 0.6) is 0 Å². The summed E-state index contributed by atoms with van der Waals surface area (Å²) in [5.74, 6) is 3.60. The predicted octanol–water partition coefficient (Wildman–Crippen LogP) is 3.92. The molecule has 1 amide bonds. The van der Waals surface area contributed by atoms with Gasteiger partial charge in [0.25, 0.3) is 0 Å². The Labute approximate surface area is 128 Å². The summed E-state index contributed by atoms with van der Waals surface area (Å²) in [6, 6.07) is 0.374. The number of hydrogen-bond acceptors (Lipinski definition) is 1. The molecule has 0 aromatic rings. The second-order valence-corrected chi connectivity index (χ2v) is 8.74. The molecule has 4 rings (SSSR count). The highest BCUT2D eigenvalue weighted by molar-refractivity contribution is 5.89. The first-order valence-electron chi connectivity index (χ1n) is 8.95. The fraction of sp³-hybridized carbons (Fsp3) is 0.842. The van der Waals surface area contributed by atoms with Gasteiger partial charge in [-0.1, -0.05) is 26.8 Å². The molecule has 3 fully saturated rings. The lowest BCUT2D eigenvalue weighted by Crippen LogP contribution is -2.59. The van der Waals surface area contributed by atoms with Crippen molar-refractivity contribution in [2.45, 2.75) is 65.3 Å². The highest BCUT2D eigenvalue weighted by Gasteiger charge is 2.58. The maximum absolute atomic E-state index is 11.7. The molecule has 3 aliphatic carbocycles. The van der Waals surface area contributed by atoms with Crippen LogP contribution in [0.2, 0.25) is 0 Å². The fourth-order valence-corrected chi connectivity index (χ4v) is 6.60. The largest absolute Gasteiger partial charge is 0.349 e. The molecule has 0 aromatic carbocycles. The van der Waals surface area contributed by atoms with Crippen molar-refractivity contribution in [1.29, 1.82) is 0 Å². The van der Waals surface area contributed by atoms with E-state index >= 15 is 0 Å². The van der Waals surface area contributed by atoms with Crippen molar-refractivity contribution in [2.75, 3.05) is 0 Å². The van der Waals surface area contributed by atoms with Gasteiger partial charge in [-0.3, -0.25) is 4.79 Å². The normalized spacial score (nSPS) is 55.4. The third-order valence-electron chi connectivity index (χ3n) is 8.16. The van der Waals surface area contributed by atoms with Crippen LogP contribution in [-0.4, -0.2) is 11.9 Å². The second kappa shape index (κ2) is 4.36. The predicted molar refractivity (Wildman–Crippen MR) is 84.6 cm³/mol. The van der Waals surface area contributed by atoms with E-state index in [0.29, 0.717) is 11.5 Å². The Bertz CT molecular complexity index is 498. The molecule has 0 bridgehead atoms. The molecule has 2 unspecified atom stereocenters. The summed E-state index contributed by atoms with van der Waals surface area (Å²) in [6.07, 6.45) is 12.2. The van der Waals surface area contributed by atoms with Crippen molar-refractivity contribution in [3.63, 3.8) is 0 Å². The van der Waals surface area contributed by atoms with Gasteiger partial charge in [0, 0.05) is 11.5 Å². The molecule has 1 heterocycles. The highest BCUT2D eigenvalue weighted by Crippen LogP contribution is 2.64. The van der Waals surface area contributed by atoms with Gasteiger partial charge in [-0.25, -0.2) is 0 Å². The van der Waals surface area contributed by atoms with E-state index in [-0.39, 0.29) is 11.3 Å². The quantitative estimate of drug-likeness (QED) is 0.719. The average Bonchev–Trinajstić information content (AvgIpc) is 2.76. The summed E-state index contributed by atoms with van der Waals surface area (Å²) in [5.41, 5.74) is 0.788. The Morgan fingerprint density at radius 3 is 2.71 bits per heavy atom. The maximum Gasteiger partial charge on any atom is 0.243 e. The first kappa shape index (κ1) is 13.8. The second-order valence-electron chi connectivity index (χ2n) is 8.74. The van der Waals surface area contributed by atoms with E-state index in [0.717, 1.165) is 23.7 Å². The average molecular weight is 287 g/mol. The van der Waals surface area contributed by atoms with Crippen LogP contribution in [0.4, 0.5) is 0 Å². The van der Waals surface area contributed by atoms with Gasteiger partial charge in [-0.05, 0) is 73.7 Å². The van der Waals surface area contributed by atoms with E-state index in [1.54, 1.807) is 6.08 Å². The van der Waals surface area contributed by atoms with Gasteiger partial charge in [0.2, 0.25) is 5.91 Å². The van der Waals surface area contributed by atoms with Crippen molar-refractivity contribution in [3.8, 4) is 0 Å². The Kier molecular flexibility index (Phi) is 2.88. The van der Waals surface area contributed by atoms with Crippen LogP contribution < -0.4 is 5.32 Å². The van der Waals surface area contributed by atoms with Crippen molar-refractivity contribution < 1.29 is 4.79 Å². The first-order valence-corrected chi connectivity index (χ1v) is 8.95. The van der Waals surface area contributed by atoms with Crippen LogP contribution in [0, 0.1) is 34.5 Å². The minimum atomic E-state index is 0.117. The summed E-state index contributed by atoms with van der Waals surface area (Å²) < 4.78 is 0. The van der Waals surface area contributed by atoms with Gasteiger partial charge in [0.15, 0.2) is 0 Å². The van der Waals surface area contributed by atoms with Crippen LogP contribution >= 0.6 is 0 Å². The summed E-state index contributed by atoms with van der Waals surface area (Å²) in [6.45, 7) is 7.46. The molecule has 21 heavy (non-hydrogen) atoms. The Hall–Kier alpha value is -0.790. The van der Waals surface area contributed by atoms with Gasteiger partial charge in [-0.2, -0.15) is 0 Å². The third kappa shape index (κ3) is 1.74. The lowest BCUT2D eigenvalue weighted by atomic mass is 9.48. The lowest BCUT2D eigenvalue weighted by Gasteiger charge is -2.58. The zero-order chi connectivity index (χ0) is 14.8. The molecular formula is C19H29NO. The van der Waals surface area contributed by atoms with Crippen molar-refractivity contribution in [3.05, 3.63) is 12.2 Å². The molecule has 0 aromatic heterocycles. The van der Waals surface area contributed by atoms with Crippen molar-refractivity contribution in [2.24, 2.45) is 34.5 Å². The van der Waals surface area contributed by atoms with Gasteiger partial charge in [-0.15, -0.1) is 0 Å². The van der Waals surface area contributed by atoms with Crippen LogP contribution in [0.1, 0.15) is 59.3 Å². The molecule has 0 saturated heterocycles. The van der Waals surface area contributed by atoms with E-state index in [2.05, 4.69) is 32.2 Å². The smallest absolute Gasteiger partial charge is 0.243 e. The summed E-state index contributed by atoms with van der Waals surface area (Å²) >= 11 is 0. The van der Waals surface area contributed by atoms with Gasteiger partial charge in [0.1, 0.15) is 0 Å². The summed E-state index contributed by atoms with van der Waals surface area (Å²) in [4.78, 5) is 11.7. The molecule has 3 saturated carbocycles. The monoisotopic (exact) mass is 287 g/mol. The molecular weight excluding hydrogens is 258 g/mol. The Balaban J connectivity index is 1.68. The third-order valence-corrected chi connectivity index (χ3v) is 8.16. The van der Waals surface area contributed by atoms with Crippen LogP contribution in [0.15, 0.2) is 12.2 Å². The van der Waals surface area contributed by atoms with Gasteiger partial charge >= 0.3 is 0 Å². The number of hydrogen-bond donors (Lipinski definition) is 1. The summed E-state index contributed by atoms with van der Waals surface area (Å²) in [5, 5.41) is 3.24. The van der Waals surface area contributed by atoms with Gasteiger partial charge in [0.05, 0.1) is 0 Å². The highest BCUT2D eigenvalue weighted by atomic mass is 16.1. The van der Waals surface area contributed by atoms with Crippen LogP contribution in [0.25, 0.3) is 0 Å². The lowest BCUT2D eigenvalue weighted by molar-refractivity contribution is -0.122. The molecule has 4 aliphatic rings. The minimum Gasteiger partial charge on any atom is -0.349 e. The first-order chi connectivity index (χ1) is 9.95. The SMILES string of the molecule is CC1CC[C@H]2[C@@H]3CCC4NC(=O)C=C[C@]4(C)[C@@H]3CC[C@]12C. The number of rotatable bonds is 0.